The molecular weight excluding hydrogens is 252 g/mol. The molecule has 0 fully saturated rings. The number of amides is 1. The van der Waals surface area contributed by atoms with Crippen LogP contribution in [0.5, 0.6) is 0 Å². The first-order valence-corrected chi connectivity index (χ1v) is 7.11. The third kappa shape index (κ3) is 3.93. The molecule has 0 aliphatic rings. The van der Waals surface area contributed by atoms with Gasteiger partial charge >= 0.3 is 0 Å². The zero-order chi connectivity index (χ0) is 15.3. The summed E-state index contributed by atoms with van der Waals surface area (Å²) < 4.78 is 0. The smallest absolute Gasteiger partial charge is 0.254 e. The van der Waals surface area contributed by atoms with Crippen LogP contribution in [-0.2, 0) is 5.41 Å². The van der Waals surface area contributed by atoms with Gasteiger partial charge in [-0.15, -0.1) is 0 Å². The second-order valence-electron chi connectivity index (χ2n) is 5.91. The zero-order valence-corrected chi connectivity index (χ0v) is 13.2. The Kier molecular flexibility index (Phi) is 5.51. The third-order valence-corrected chi connectivity index (χ3v) is 3.15. The van der Waals surface area contributed by atoms with Gasteiger partial charge in [0.2, 0.25) is 0 Å². The fourth-order valence-electron chi connectivity index (χ4n) is 1.97. The summed E-state index contributed by atoms with van der Waals surface area (Å²) in [5.41, 5.74) is 3.89. The van der Waals surface area contributed by atoms with Crippen LogP contribution in [0.1, 0.15) is 57.1 Å². The Morgan fingerprint density at radius 3 is 2.45 bits per heavy atom. The van der Waals surface area contributed by atoms with E-state index >= 15 is 0 Å². The average molecular weight is 278 g/mol. The van der Waals surface area contributed by atoms with Gasteiger partial charge in [-0.25, -0.2) is 10.8 Å². The van der Waals surface area contributed by atoms with E-state index in [1.807, 2.05) is 17.9 Å². The lowest BCUT2D eigenvalue weighted by Crippen LogP contribution is -2.32. The van der Waals surface area contributed by atoms with Gasteiger partial charge in [0.15, 0.2) is 0 Å². The van der Waals surface area contributed by atoms with Crippen molar-refractivity contribution in [2.75, 3.05) is 18.5 Å². The number of aromatic nitrogens is 1. The lowest BCUT2D eigenvalue weighted by atomic mass is 9.90. The van der Waals surface area contributed by atoms with Crippen LogP contribution in [0.2, 0.25) is 0 Å². The molecule has 5 nitrogen and oxygen atoms in total. The average Bonchev–Trinajstić information content (AvgIpc) is 2.42. The molecule has 0 saturated heterocycles. The standard InChI is InChI=1S/C15H26N4O/c1-6-8-19(7-2)14(20)11-9-12(15(3,4)5)17-13(10-11)18-16/h9-10H,6-8,16H2,1-5H3,(H,17,18). The molecule has 0 aliphatic heterocycles. The van der Waals surface area contributed by atoms with E-state index in [1.165, 1.54) is 0 Å². The highest BCUT2D eigenvalue weighted by atomic mass is 16.2. The number of nitrogens with two attached hydrogens (primary N) is 1. The molecule has 0 bridgehead atoms. The normalized spacial score (nSPS) is 11.3. The largest absolute Gasteiger partial charge is 0.339 e. The molecule has 0 radical (unpaired) electrons. The Morgan fingerprint density at radius 1 is 1.35 bits per heavy atom. The Balaban J connectivity index is 3.20. The molecule has 5 heteroatoms. The fraction of sp³-hybridized carbons (Fsp3) is 0.600. The summed E-state index contributed by atoms with van der Waals surface area (Å²) in [6.45, 7) is 11.7. The van der Waals surface area contributed by atoms with E-state index in [-0.39, 0.29) is 11.3 Å². The number of pyridine rings is 1. The number of carbonyl (C=O) groups excluding carboxylic acids is 1. The van der Waals surface area contributed by atoms with Gasteiger partial charge in [0.25, 0.3) is 5.91 Å². The number of carbonyl (C=O) groups is 1. The summed E-state index contributed by atoms with van der Waals surface area (Å²) in [6.07, 6.45) is 0.943. The van der Waals surface area contributed by atoms with Crippen LogP contribution in [0.3, 0.4) is 0 Å². The summed E-state index contributed by atoms with van der Waals surface area (Å²) in [5.74, 6) is 6.01. The predicted octanol–water partition coefficient (Wildman–Crippen LogP) is 2.54. The van der Waals surface area contributed by atoms with Crippen LogP contribution in [0.15, 0.2) is 12.1 Å². The van der Waals surface area contributed by atoms with Crippen LogP contribution in [0, 0.1) is 0 Å². The molecule has 0 saturated carbocycles. The molecule has 3 N–H and O–H groups in total. The van der Waals surface area contributed by atoms with Crippen LogP contribution in [0.4, 0.5) is 5.82 Å². The van der Waals surface area contributed by atoms with Crippen molar-refractivity contribution in [2.45, 2.75) is 46.5 Å². The number of hydrogen-bond acceptors (Lipinski definition) is 4. The number of hydrazine groups is 1. The van der Waals surface area contributed by atoms with Gasteiger partial charge in [-0.1, -0.05) is 27.7 Å². The van der Waals surface area contributed by atoms with Gasteiger partial charge in [-0.05, 0) is 25.5 Å². The minimum Gasteiger partial charge on any atom is -0.339 e. The lowest BCUT2D eigenvalue weighted by Gasteiger charge is -2.23. The maximum atomic E-state index is 12.5. The fourth-order valence-corrected chi connectivity index (χ4v) is 1.97. The van der Waals surface area contributed by atoms with Crippen molar-refractivity contribution in [1.29, 1.82) is 0 Å². The Bertz CT molecular complexity index is 465. The highest BCUT2D eigenvalue weighted by molar-refractivity contribution is 5.95. The summed E-state index contributed by atoms with van der Waals surface area (Å²) in [7, 11) is 0. The van der Waals surface area contributed by atoms with E-state index < -0.39 is 0 Å². The maximum absolute atomic E-state index is 12.5. The number of nitrogens with zero attached hydrogens (tertiary/aromatic N) is 2. The minimum absolute atomic E-state index is 0.0266. The van der Waals surface area contributed by atoms with E-state index in [2.05, 4.69) is 38.1 Å². The molecule has 0 unspecified atom stereocenters. The van der Waals surface area contributed by atoms with E-state index in [0.717, 1.165) is 18.7 Å². The van der Waals surface area contributed by atoms with E-state index in [4.69, 9.17) is 5.84 Å². The van der Waals surface area contributed by atoms with Crippen LogP contribution in [-0.4, -0.2) is 28.9 Å². The SMILES string of the molecule is CCCN(CC)C(=O)c1cc(NN)nc(C(C)(C)C)c1. The zero-order valence-electron chi connectivity index (χ0n) is 13.2. The molecule has 0 spiro atoms. The molecule has 1 heterocycles. The Morgan fingerprint density at radius 2 is 2.00 bits per heavy atom. The van der Waals surface area contributed by atoms with Gasteiger partial charge < -0.3 is 10.3 Å². The molecule has 1 aromatic rings. The van der Waals surface area contributed by atoms with Gasteiger partial charge in [-0.3, -0.25) is 4.79 Å². The van der Waals surface area contributed by atoms with E-state index in [0.29, 0.717) is 17.9 Å². The van der Waals surface area contributed by atoms with Gasteiger partial charge in [0.05, 0.1) is 0 Å². The molecule has 1 rings (SSSR count). The second-order valence-corrected chi connectivity index (χ2v) is 5.91. The predicted molar refractivity (Wildman–Crippen MR) is 82.6 cm³/mol. The van der Waals surface area contributed by atoms with Crippen LogP contribution < -0.4 is 11.3 Å². The lowest BCUT2D eigenvalue weighted by molar-refractivity contribution is 0.0764. The first-order valence-electron chi connectivity index (χ1n) is 7.11. The minimum atomic E-state index is -0.135. The molecule has 112 valence electrons. The number of nitrogen functional groups attached to an aromatic ring is 1. The molecule has 0 aromatic carbocycles. The first kappa shape index (κ1) is 16.4. The summed E-state index contributed by atoms with van der Waals surface area (Å²) in [6, 6.07) is 3.57. The first-order chi connectivity index (χ1) is 9.33. The number of hydrogen-bond donors (Lipinski definition) is 2. The molecule has 0 atom stereocenters. The van der Waals surface area contributed by atoms with Crippen molar-refractivity contribution in [3.05, 3.63) is 23.4 Å². The van der Waals surface area contributed by atoms with Gasteiger partial charge in [0.1, 0.15) is 5.82 Å². The van der Waals surface area contributed by atoms with E-state index in [9.17, 15) is 4.79 Å². The summed E-state index contributed by atoms with van der Waals surface area (Å²) in [4.78, 5) is 18.8. The second kappa shape index (κ2) is 6.70. The van der Waals surface area contributed by atoms with Crippen molar-refractivity contribution in [3.63, 3.8) is 0 Å². The van der Waals surface area contributed by atoms with Crippen molar-refractivity contribution in [3.8, 4) is 0 Å². The summed E-state index contributed by atoms with van der Waals surface area (Å²) in [5, 5.41) is 0. The highest BCUT2D eigenvalue weighted by Gasteiger charge is 2.21. The topological polar surface area (TPSA) is 71.2 Å². The third-order valence-electron chi connectivity index (χ3n) is 3.15. The van der Waals surface area contributed by atoms with Gasteiger partial charge in [-0.2, -0.15) is 0 Å². The number of nitrogens with one attached hydrogen (secondary N) is 1. The number of rotatable bonds is 5. The molecule has 1 amide bonds. The van der Waals surface area contributed by atoms with Crippen molar-refractivity contribution >= 4 is 11.7 Å². The highest BCUT2D eigenvalue weighted by Crippen LogP contribution is 2.23. The Labute approximate surface area is 121 Å². The molecule has 20 heavy (non-hydrogen) atoms. The molecule has 1 aromatic heterocycles. The van der Waals surface area contributed by atoms with Crippen molar-refractivity contribution in [2.24, 2.45) is 5.84 Å². The Hall–Kier alpha value is -1.62. The van der Waals surface area contributed by atoms with Crippen LogP contribution >= 0.6 is 0 Å². The van der Waals surface area contributed by atoms with E-state index in [1.54, 1.807) is 6.07 Å². The maximum Gasteiger partial charge on any atom is 0.254 e. The quantitative estimate of drug-likeness (QED) is 0.641. The van der Waals surface area contributed by atoms with Gasteiger partial charge in [0, 0.05) is 29.8 Å². The monoisotopic (exact) mass is 278 g/mol. The summed E-state index contributed by atoms with van der Waals surface area (Å²) >= 11 is 0. The van der Waals surface area contributed by atoms with Crippen molar-refractivity contribution < 1.29 is 4.79 Å². The molecular formula is C15H26N4O. The number of anilines is 1. The molecule has 0 aliphatic carbocycles. The van der Waals surface area contributed by atoms with Crippen molar-refractivity contribution in [1.82, 2.24) is 9.88 Å². The van der Waals surface area contributed by atoms with Crippen LogP contribution in [0.25, 0.3) is 0 Å².